The van der Waals surface area contributed by atoms with Crippen molar-refractivity contribution in [1.29, 1.82) is 0 Å². The molecule has 0 spiro atoms. The lowest BCUT2D eigenvalue weighted by Gasteiger charge is -2.11. The van der Waals surface area contributed by atoms with E-state index in [0.29, 0.717) is 29.7 Å². The molecule has 8 nitrogen and oxygen atoms in total. The maximum Gasteiger partial charge on any atom is 0.227 e. The molecule has 12 heteroatoms. The van der Waals surface area contributed by atoms with Gasteiger partial charge in [0.1, 0.15) is 11.6 Å². The van der Waals surface area contributed by atoms with Crippen LogP contribution in [0.4, 0.5) is 0 Å². The molecule has 0 aromatic rings. The van der Waals surface area contributed by atoms with Crippen molar-refractivity contribution in [2.24, 2.45) is 11.5 Å². The number of ketones is 2. The Balaban J connectivity index is -0.000000356. The third kappa shape index (κ3) is 25.6. The molecule has 0 saturated heterocycles. The lowest BCUT2D eigenvalue weighted by Crippen LogP contribution is -2.37. The van der Waals surface area contributed by atoms with Crippen LogP contribution in [0.15, 0.2) is 0 Å². The monoisotopic (exact) mass is 460 g/mol. The van der Waals surface area contributed by atoms with E-state index in [1.54, 1.807) is 6.92 Å². The zero-order valence-corrected chi connectivity index (χ0v) is 19.4. The van der Waals surface area contributed by atoms with Gasteiger partial charge in [-0.25, -0.2) is 0 Å². The molecular formula is C15H32N4O4S4. The van der Waals surface area contributed by atoms with Crippen LogP contribution in [-0.4, -0.2) is 64.5 Å². The Hall–Kier alpha value is -0.400. The largest absolute Gasteiger partial charge is 0.370 e. The van der Waals surface area contributed by atoms with Crippen molar-refractivity contribution in [2.45, 2.75) is 39.3 Å². The Kier molecular flexibility index (Phi) is 25.4. The number of carbonyl (C=O) groups excluding carboxylic acids is 4. The minimum absolute atomic E-state index is 0.0506. The summed E-state index contributed by atoms with van der Waals surface area (Å²) in [5.74, 6) is 1.89. The van der Waals surface area contributed by atoms with Crippen molar-refractivity contribution in [2.75, 3.05) is 29.0 Å². The summed E-state index contributed by atoms with van der Waals surface area (Å²) in [7, 11) is 0. The first kappa shape index (κ1) is 31.3. The van der Waals surface area contributed by atoms with E-state index in [9.17, 15) is 19.2 Å². The maximum absolute atomic E-state index is 10.9. The van der Waals surface area contributed by atoms with Crippen LogP contribution in [0.1, 0.15) is 27.2 Å². The Labute approximate surface area is 182 Å². The van der Waals surface area contributed by atoms with Crippen LogP contribution in [-0.2, 0) is 19.2 Å². The summed E-state index contributed by atoms with van der Waals surface area (Å²) in [6.07, 6.45) is 0.444. The molecule has 27 heavy (non-hydrogen) atoms. The molecule has 2 amide bonds. The number of carbonyl (C=O) groups is 4. The van der Waals surface area contributed by atoms with Gasteiger partial charge in [0.05, 0.1) is 17.8 Å². The van der Waals surface area contributed by atoms with E-state index < -0.39 is 0 Å². The fraction of sp³-hybridized carbons (Fsp3) is 0.733. The van der Waals surface area contributed by atoms with Crippen LogP contribution >= 0.6 is 49.6 Å². The SMILES string of the molecule is CC(=O)[C@H](CS)NCS.CC(=O)[C@H](CS)NCSCC(N)=O.CCC(N)=O. The van der Waals surface area contributed by atoms with Gasteiger partial charge >= 0.3 is 0 Å². The number of nitrogens with two attached hydrogens (primary N) is 2. The van der Waals surface area contributed by atoms with Crippen LogP contribution in [0.3, 0.4) is 0 Å². The lowest BCUT2D eigenvalue weighted by molar-refractivity contribution is -0.119. The van der Waals surface area contributed by atoms with Crippen molar-refractivity contribution in [3.05, 3.63) is 0 Å². The number of amides is 2. The van der Waals surface area contributed by atoms with Gasteiger partial charge in [-0.05, 0) is 13.8 Å². The highest BCUT2D eigenvalue weighted by atomic mass is 32.2. The molecule has 0 heterocycles. The topological polar surface area (TPSA) is 144 Å². The van der Waals surface area contributed by atoms with Crippen molar-refractivity contribution in [3.63, 3.8) is 0 Å². The molecule has 0 fully saturated rings. The van der Waals surface area contributed by atoms with Gasteiger partial charge in [-0.2, -0.15) is 37.9 Å². The van der Waals surface area contributed by atoms with Gasteiger partial charge in [0.25, 0.3) is 0 Å². The second-order valence-corrected chi connectivity index (χ2v) is 7.07. The fourth-order valence-electron chi connectivity index (χ4n) is 1.10. The van der Waals surface area contributed by atoms with Gasteiger partial charge in [0, 0.05) is 29.7 Å². The average molecular weight is 461 g/mol. The van der Waals surface area contributed by atoms with E-state index in [2.05, 4.69) is 54.3 Å². The number of thiol groups is 3. The standard InChI is InChI=1S/C7H14N2O2S2.C5H11NOS2.C3H7NO/c1-5(10)6(2-12)9-4-13-3-7(8)11;1-4(7)5(2-8)6-3-9;1-2-3(4)5/h6,9,12H,2-4H2,1H3,(H2,8,11);5-6,8-9H,2-3H2,1H3;2H2,1H3,(H2,4,5)/t6-;5-;/m00./s1. The van der Waals surface area contributed by atoms with Gasteiger partial charge in [-0.15, -0.1) is 11.8 Å². The summed E-state index contributed by atoms with van der Waals surface area (Å²) in [5, 5.41) is 5.82. The maximum atomic E-state index is 10.9. The Morgan fingerprint density at radius 1 is 0.889 bits per heavy atom. The summed E-state index contributed by atoms with van der Waals surface area (Å²) >= 11 is 13.2. The number of rotatable bonds is 12. The number of hydrogen-bond acceptors (Lipinski definition) is 10. The van der Waals surface area contributed by atoms with E-state index in [1.807, 2.05) is 0 Å². The van der Waals surface area contributed by atoms with Crippen molar-refractivity contribution < 1.29 is 19.2 Å². The van der Waals surface area contributed by atoms with E-state index in [-0.39, 0.29) is 41.2 Å². The average Bonchev–Trinajstić information content (AvgIpc) is 2.59. The molecule has 0 aliphatic heterocycles. The van der Waals surface area contributed by atoms with E-state index in [4.69, 9.17) is 5.73 Å². The number of Topliss-reactive ketones (excluding diaryl/α,β-unsaturated/α-hetero) is 2. The highest BCUT2D eigenvalue weighted by molar-refractivity contribution is 7.99. The zero-order valence-electron chi connectivity index (χ0n) is 15.9. The zero-order chi connectivity index (χ0) is 21.8. The van der Waals surface area contributed by atoms with Crippen LogP contribution < -0.4 is 22.1 Å². The van der Waals surface area contributed by atoms with Gasteiger partial charge in [0.2, 0.25) is 11.8 Å². The normalized spacial score (nSPS) is 11.8. The molecule has 0 radical (unpaired) electrons. The third-order valence-corrected chi connectivity index (χ3v) is 4.48. The van der Waals surface area contributed by atoms with Crippen molar-refractivity contribution >= 4 is 73.0 Å². The smallest absolute Gasteiger partial charge is 0.227 e. The molecular weight excluding hydrogens is 428 g/mol. The van der Waals surface area contributed by atoms with Crippen LogP contribution in [0, 0.1) is 0 Å². The van der Waals surface area contributed by atoms with Crippen LogP contribution in [0.2, 0.25) is 0 Å². The lowest BCUT2D eigenvalue weighted by atomic mass is 10.2. The highest BCUT2D eigenvalue weighted by Gasteiger charge is 2.10. The second kappa shape index (κ2) is 21.9. The Bertz CT molecular complexity index is 442. The second-order valence-electron chi connectivity index (χ2n) is 5.04. The van der Waals surface area contributed by atoms with Crippen LogP contribution in [0.25, 0.3) is 0 Å². The van der Waals surface area contributed by atoms with Gasteiger partial charge in [-0.1, -0.05) is 6.92 Å². The predicted octanol–water partition coefficient (Wildman–Crippen LogP) is -0.128. The third-order valence-electron chi connectivity index (χ3n) is 2.71. The summed E-state index contributed by atoms with van der Waals surface area (Å²) in [6, 6.07) is -0.366. The van der Waals surface area contributed by atoms with Crippen molar-refractivity contribution in [1.82, 2.24) is 10.6 Å². The van der Waals surface area contributed by atoms with Gasteiger partial charge < -0.3 is 11.5 Å². The molecule has 0 bridgehead atoms. The van der Waals surface area contributed by atoms with Gasteiger partial charge in [-0.3, -0.25) is 29.8 Å². The summed E-state index contributed by atoms with van der Waals surface area (Å²) < 4.78 is 0. The molecule has 6 N–H and O–H groups in total. The van der Waals surface area contributed by atoms with E-state index in [0.717, 1.165) is 0 Å². The minimum atomic E-state index is -0.350. The first-order chi connectivity index (χ1) is 12.6. The summed E-state index contributed by atoms with van der Waals surface area (Å²) in [6.45, 7) is 4.77. The first-order valence-corrected chi connectivity index (χ1v) is 11.1. The first-order valence-electron chi connectivity index (χ1n) is 8.01. The Morgan fingerprint density at radius 2 is 1.30 bits per heavy atom. The Morgan fingerprint density at radius 3 is 1.52 bits per heavy atom. The molecule has 0 aliphatic carbocycles. The molecule has 0 rings (SSSR count). The van der Waals surface area contributed by atoms with E-state index >= 15 is 0 Å². The predicted molar refractivity (Wildman–Crippen MR) is 123 cm³/mol. The minimum Gasteiger partial charge on any atom is -0.370 e. The molecule has 2 atom stereocenters. The van der Waals surface area contributed by atoms with Gasteiger partial charge in [0.15, 0.2) is 0 Å². The molecule has 0 aliphatic rings. The summed E-state index contributed by atoms with van der Waals surface area (Å²) in [5.41, 5.74) is 9.58. The summed E-state index contributed by atoms with van der Waals surface area (Å²) in [4.78, 5) is 41.4. The highest BCUT2D eigenvalue weighted by Crippen LogP contribution is 1.98. The number of thioether (sulfide) groups is 1. The molecule has 0 saturated carbocycles. The van der Waals surface area contributed by atoms with E-state index in [1.165, 1.54) is 25.6 Å². The quantitative estimate of drug-likeness (QED) is 0.122. The molecule has 0 aromatic carbocycles. The molecule has 0 unspecified atom stereocenters. The van der Waals surface area contributed by atoms with Crippen molar-refractivity contribution in [3.8, 4) is 0 Å². The number of nitrogens with one attached hydrogen (secondary N) is 2. The fourth-order valence-corrected chi connectivity index (χ4v) is 2.71. The molecule has 0 aromatic heterocycles. The molecule has 160 valence electrons. The number of primary amides is 2. The van der Waals surface area contributed by atoms with Crippen LogP contribution in [0.5, 0.6) is 0 Å². The number of hydrogen-bond donors (Lipinski definition) is 7.